The molecule has 4 heavy (non-hydrogen) atoms. The van der Waals surface area contributed by atoms with Crippen LogP contribution in [0.25, 0.3) is 0 Å². The topological polar surface area (TPSA) is 58.5 Å². The van der Waals surface area contributed by atoms with Gasteiger partial charge >= 0.3 is 74.4 Å². The van der Waals surface area contributed by atoms with E-state index in [0.717, 1.165) is 0 Å². The van der Waals surface area contributed by atoms with Crippen molar-refractivity contribution in [2.45, 2.75) is 0 Å². The SMILES string of the molecule is [K+].[Mg+2].[O-2].[OH-]. The van der Waals surface area contributed by atoms with Crippen LogP contribution in [0, 0.1) is 0 Å². The van der Waals surface area contributed by atoms with Gasteiger partial charge in [-0.1, -0.05) is 0 Å². The van der Waals surface area contributed by atoms with Crippen LogP contribution in [0.1, 0.15) is 0 Å². The Balaban J connectivity index is 0. The van der Waals surface area contributed by atoms with Gasteiger partial charge in [-0.2, -0.15) is 0 Å². The number of hydrogen-bond donors (Lipinski definition) is 0. The van der Waals surface area contributed by atoms with Gasteiger partial charge in [0.25, 0.3) is 0 Å². The van der Waals surface area contributed by atoms with Crippen molar-refractivity contribution >= 4 is 23.1 Å². The van der Waals surface area contributed by atoms with Gasteiger partial charge in [-0.25, -0.2) is 0 Å². The first-order valence-electron chi connectivity index (χ1n) is 0. The van der Waals surface area contributed by atoms with Gasteiger partial charge in [0.1, 0.15) is 0 Å². The van der Waals surface area contributed by atoms with Crippen molar-refractivity contribution in [3.63, 3.8) is 0 Å². The summed E-state index contributed by atoms with van der Waals surface area (Å²) in [5, 5.41) is 0. The molecular formula is HKMgO2. The first-order chi connectivity index (χ1) is 0. The second kappa shape index (κ2) is 18.4. The Morgan fingerprint density at radius 2 is 1.00 bits per heavy atom. The molecule has 0 rings (SSSR count). The molecule has 0 aliphatic rings. The van der Waals surface area contributed by atoms with Crippen LogP contribution in [0.5, 0.6) is 0 Å². The van der Waals surface area contributed by atoms with Crippen LogP contribution in [0.4, 0.5) is 0 Å². The summed E-state index contributed by atoms with van der Waals surface area (Å²) in [6, 6.07) is 0. The fraction of sp³-hybridized carbons (Fsp3) is 0. The summed E-state index contributed by atoms with van der Waals surface area (Å²) in [6.07, 6.45) is 0. The Hall–Kier alpha value is 2.32. The maximum atomic E-state index is 0. The predicted molar refractivity (Wildman–Crippen MR) is 8.38 cm³/mol. The van der Waals surface area contributed by atoms with E-state index in [1.807, 2.05) is 0 Å². The molecule has 0 radical (unpaired) electrons. The molecule has 0 saturated heterocycles. The Bertz CT molecular complexity index is 6.00. The van der Waals surface area contributed by atoms with E-state index < -0.39 is 0 Å². The van der Waals surface area contributed by atoms with E-state index in [-0.39, 0.29) is 85.4 Å². The Morgan fingerprint density at radius 3 is 1.00 bits per heavy atom. The molecule has 0 saturated carbocycles. The predicted octanol–water partition coefficient (Wildman–Crippen LogP) is -3.67. The molecule has 0 heterocycles. The normalized spacial score (nSPS) is 0. The zero-order chi connectivity index (χ0) is 0. The molecule has 0 aliphatic heterocycles. The van der Waals surface area contributed by atoms with E-state index >= 15 is 0 Å². The van der Waals surface area contributed by atoms with Crippen LogP contribution in [0.2, 0.25) is 0 Å². The zero-order valence-electron chi connectivity index (χ0n) is 2.56. The number of hydrogen-bond acceptors (Lipinski definition) is 1. The third-order valence-electron chi connectivity index (χ3n) is 0. The summed E-state index contributed by atoms with van der Waals surface area (Å²) < 4.78 is 0. The number of rotatable bonds is 0. The van der Waals surface area contributed by atoms with Crippen molar-refractivity contribution in [1.29, 1.82) is 0 Å². The summed E-state index contributed by atoms with van der Waals surface area (Å²) in [6.45, 7) is 0. The van der Waals surface area contributed by atoms with Crippen molar-refractivity contribution in [2.24, 2.45) is 0 Å². The summed E-state index contributed by atoms with van der Waals surface area (Å²) in [7, 11) is 0. The van der Waals surface area contributed by atoms with Gasteiger partial charge < -0.3 is 11.0 Å². The van der Waals surface area contributed by atoms with Crippen molar-refractivity contribution in [2.75, 3.05) is 0 Å². The third kappa shape index (κ3) is 8.85. The molecule has 0 aromatic rings. The molecule has 0 aromatic heterocycles. The van der Waals surface area contributed by atoms with Crippen molar-refractivity contribution in [3.05, 3.63) is 0 Å². The molecule has 0 aliphatic carbocycles. The molecule has 1 N–H and O–H groups in total. The summed E-state index contributed by atoms with van der Waals surface area (Å²) >= 11 is 0. The van der Waals surface area contributed by atoms with E-state index in [1.54, 1.807) is 0 Å². The van der Waals surface area contributed by atoms with Gasteiger partial charge in [-0.15, -0.1) is 0 Å². The average Bonchev–Trinajstić information content (AvgIpc) is 0. The molecule has 0 aromatic carbocycles. The summed E-state index contributed by atoms with van der Waals surface area (Å²) in [5.41, 5.74) is 0. The fourth-order valence-electron chi connectivity index (χ4n) is 0. The second-order valence-electron chi connectivity index (χ2n) is 0. The Morgan fingerprint density at radius 1 is 1.00 bits per heavy atom. The molecule has 16 valence electrons. The first-order valence-corrected chi connectivity index (χ1v) is 0. The summed E-state index contributed by atoms with van der Waals surface area (Å²) in [5.74, 6) is 0. The van der Waals surface area contributed by atoms with Gasteiger partial charge in [-0.3, -0.25) is 0 Å². The smallest absolute Gasteiger partial charge is 2.00 e. The van der Waals surface area contributed by atoms with Crippen molar-refractivity contribution in [3.8, 4) is 0 Å². The molecule has 0 amide bonds. The van der Waals surface area contributed by atoms with E-state index in [0.29, 0.717) is 0 Å². The van der Waals surface area contributed by atoms with Crippen LogP contribution in [-0.4, -0.2) is 28.5 Å². The van der Waals surface area contributed by atoms with Gasteiger partial charge in [-0.05, 0) is 0 Å². The molecular weight excluding hydrogens is 95.4 g/mol. The monoisotopic (exact) mass is 95.9 g/mol. The molecule has 0 fully saturated rings. The van der Waals surface area contributed by atoms with Crippen LogP contribution in [0.3, 0.4) is 0 Å². The zero-order valence-corrected chi connectivity index (χ0v) is 7.10. The molecule has 0 atom stereocenters. The quantitative estimate of drug-likeness (QED) is 0.287. The maximum absolute atomic E-state index is 0. The standard InChI is InChI=1S/K.Mg.H2O.O/h;;1H2;/q+1;+2;;-2/p-1. The fourth-order valence-corrected chi connectivity index (χ4v) is 0. The van der Waals surface area contributed by atoms with Crippen LogP contribution < -0.4 is 51.4 Å². The van der Waals surface area contributed by atoms with E-state index in [4.69, 9.17) is 0 Å². The summed E-state index contributed by atoms with van der Waals surface area (Å²) in [4.78, 5) is 0. The molecule has 0 bridgehead atoms. The van der Waals surface area contributed by atoms with Gasteiger partial charge in [0.2, 0.25) is 0 Å². The Kier molecular flexibility index (Phi) is 153. The van der Waals surface area contributed by atoms with E-state index in [2.05, 4.69) is 0 Å². The van der Waals surface area contributed by atoms with Crippen molar-refractivity contribution < 1.29 is 62.3 Å². The molecule has 0 spiro atoms. The van der Waals surface area contributed by atoms with E-state index in [1.165, 1.54) is 0 Å². The van der Waals surface area contributed by atoms with Crippen LogP contribution >= 0.6 is 0 Å². The van der Waals surface area contributed by atoms with Crippen LogP contribution in [-0.2, 0) is 5.48 Å². The van der Waals surface area contributed by atoms with Gasteiger partial charge in [0, 0.05) is 0 Å². The largest absolute Gasteiger partial charge is 2.00 e. The van der Waals surface area contributed by atoms with Crippen LogP contribution in [0.15, 0.2) is 0 Å². The minimum Gasteiger partial charge on any atom is -2.00 e. The molecule has 0 unspecified atom stereocenters. The van der Waals surface area contributed by atoms with E-state index in [9.17, 15) is 0 Å². The van der Waals surface area contributed by atoms with Gasteiger partial charge in [0.15, 0.2) is 0 Å². The minimum absolute atomic E-state index is 0. The average molecular weight is 96.4 g/mol. The maximum Gasteiger partial charge on any atom is 2.00 e. The molecule has 4 heteroatoms. The second-order valence-corrected chi connectivity index (χ2v) is 0. The molecule has 2 nitrogen and oxygen atoms in total. The Labute approximate surface area is 83.5 Å². The first kappa shape index (κ1) is 33.2. The third-order valence-corrected chi connectivity index (χ3v) is 0. The van der Waals surface area contributed by atoms with Crippen molar-refractivity contribution in [1.82, 2.24) is 0 Å². The minimum atomic E-state index is 0. The van der Waals surface area contributed by atoms with Gasteiger partial charge in [0.05, 0.1) is 0 Å².